The molecule has 178 valence electrons. The fourth-order valence-electron chi connectivity index (χ4n) is 4.53. The first-order valence-corrected chi connectivity index (χ1v) is 12.6. The fourth-order valence-corrected chi connectivity index (χ4v) is 5.92. The van der Waals surface area contributed by atoms with Crippen molar-refractivity contribution in [1.82, 2.24) is 14.8 Å². The molecule has 0 spiro atoms. The Morgan fingerprint density at radius 2 is 1.85 bits per heavy atom. The Balaban J connectivity index is 1.26. The van der Waals surface area contributed by atoms with Gasteiger partial charge in [0.05, 0.1) is 0 Å². The van der Waals surface area contributed by atoms with Crippen LogP contribution >= 0.6 is 22.7 Å². The molecular weight excluding hydrogens is 485 g/mol. The van der Waals surface area contributed by atoms with E-state index in [0.29, 0.717) is 66.7 Å². The molecule has 11 heteroatoms. The molecule has 0 aliphatic carbocycles. The average molecular weight is 507 g/mol. The number of aromatic nitrogens is 1. The molecule has 1 atom stereocenters. The van der Waals surface area contributed by atoms with Crippen molar-refractivity contribution in [3.05, 3.63) is 57.2 Å². The van der Waals surface area contributed by atoms with E-state index in [2.05, 4.69) is 9.88 Å². The first kappa shape index (κ1) is 23.0. The van der Waals surface area contributed by atoms with Crippen molar-refractivity contribution in [2.24, 2.45) is 0 Å². The van der Waals surface area contributed by atoms with Gasteiger partial charge in [0.1, 0.15) is 4.88 Å². The third kappa shape index (κ3) is 4.47. The van der Waals surface area contributed by atoms with Crippen molar-refractivity contribution in [3.63, 3.8) is 0 Å². The molecule has 34 heavy (non-hydrogen) atoms. The van der Waals surface area contributed by atoms with Gasteiger partial charge in [0, 0.05) is 68.0 Å². The quantitative estimate of drug-likeness (QED) is 0.525. The van der Waals surface area contributed by atoms with Gasteiger partial charge in [-0.15, -0.1) is 22.7 Å². The van der Waals surface area contributed by atoms with Gasteiger partial charge in [-0.3, -0.25) is 14.5 Å². The maximum absolute atomic E-state index is 13.4. The summed E-state index contributed by atoms with van der Waals surface area (Å²) in [6.45, 7) is 2.92. The average Bonchev–Trinajstić information content (AvgIpc) is 3.59. The molecule has 3 aromatic rings. The SMILES string of the molecule is O=C(c1nccs1)N1CCN(C2CC(=O)N(c3cccc(-c4ccsc4C(F)(F)F)c3)C2)CC1. The van der Waals surface area contributed by atoms with Crippen LogP contribution in [0.3, 0.4) is 0 Å². The molecule has 5 rings (SSSR count). The Bertz CT molecular complexity index is 1190. The second-order valence-electron chi connectivity index (χ2n) is 8.24. The molecule has 6 nitrogen and oxygen atoms in total. The summed E-state index contributed by atoms with van der Waals surface area (Å²) in [5, 5.41) is 3.69. The second-order valence-corrected chi connectivity index (χ2v) is 10.0. The van der Waals surface area contributed by atoms with E-state index in [1.54, 1.807) is 45.6 Å². The number of carbonyl (C=O) groups is 2. The van der Waals surface area contributed by atoms with Gasteiger partial charge >= 0.3 is 6.18 Å². The zero-order chi connectivity index (χ0) is 23.9. The number of rotatable bonds is 4. The van der Waals surface area contributed by atoms with Gasteiger partial charge in [-0.05, 0) is 29.1 Å². The lowest BCUT2D eigenvalue weighted by molar-refractivity contribution is -0.133. The predicted molar refractivity (Wildman–Crippen MR) is 125 cm³/mol. The number of thiazole rings is 1. The molecule has 1 aromatic carbocycles. The molecule has 4 heterocycles. The maximum atomic E-state index is 13.4. The number of thiophene rings is 1. The minimum Gasteiger partial charge on any atom is -0.334 e. The van der Waals surface area contributed by atoms with Crippen LogP contribution in [-0.4, -0.2) is 65.4 Å². The largest absolute Gasteiger partial charge is 0.426 e. The van der Waals surface area contributed by atoms with Crippen molar-refractivity contribution < 1.29 is 22.8 Å². The number of nitrogens with zero attached hydrogens (tertiary/aromatic N) is 4. The highest BCUT2D eigenvalue weighted by Gasteiger charge is 2.37. The number of carbonyl (C=O) groups excluding carboxylic acids is 2. The summed E-state index contributed by atoms with van der Waals surface area (Å²) in [6, 6.07) is 8.20. The molecular formula is C23H21F3N4O2S2. The Labute approximate surface area is 202 Å². The van der Waals surface area contributed by atoms with Crippen molar-refractivity contribution in [3.8, 4) is 11.1 Å². The van der Waals surface area contributed by atoms with Crippen molar-refractivity contribution >= 4 is 40.2 Å². The van der Waals surface area contributed by atoms with Crippen LogP contribution in [0.4, 0.5) is 18.9 Å². The Kier molecular flexibility index (Phi) is 6.17. The van der Waals surface area contributed by atoms with Crippen molar-refractivity contribution in [1.29, 1.82) is 0 Å². The van der Waals surface area contributed by atoms with E-state index in [0.717, 1.165) is 0 Å². The molecule has 2 saturated heterocycles. The smallest absolute Gasteiger partial charge is 0.334 e. The minimum atomic E-state index is -4.42. The van der Waals surface area contributed by atoms with E-state index in [1.165, 1.54) is 22.8 Å². The van der Waals surface area contributed by atoms with Crippen LogP contribution in [-0.2, 0) is 11.0 Å². The van der Waals surface area contributed by atoms with Crippen LogP contribution in [0.25, 0.3) is 11.1 Å². The Morgan fingerprint density at radius 1 is 1.06 bits per heavy atom. The normalized spacial score (nSPS) is 19.7. The van der Waals surface area contributed by atoms with Crippen molar-refractivity contribution in [2.45, 2.75) is 18.6 Å². The molecule has 2 aliphatic heterocycles. The van der Waals surface area contributed by atoms with Crippen LogP contribution in [0.2, 0.25) is 0 Å². The monoisotopic (exact) mass is 506 g/mol. The van der Waals surface area contributed by atoms with E-state index >= 15 is 0 Å². The van der Waals surface area contributed by atoms with E-state index in [9.17, 15) is 22.8 Å². The summed E-state index contributed by atoms with van der Waals surface area (Å²) in [5.74, 6) is -0.118. The maximum Gasteiger partial charge on any atom is 0.426 e. The molecule has 0 N–H and O–H groups in total. The zero-order valence-corrected chi connectivity index (χ0v) is 19.6. The lowest BCUT2D eigenvalue weighted by Crippen LogP contribution is -2.52. The summed E-state index contributed by atoms with van der Waals surface area (Å²) in [4.78, 5) is 34.4. The molecule has 2 aliphatic rings. The summed E-state index contributed by atoms with van der Waals surface area (Å²) < 4.78 is 40.1. The molecule has 1 unspecified atom stereocenters. The first-order valence-electron chi connectivity index (χ1n) is 10.8. The van der Waals surface area contributed by atoms with Crippen molar-refractivity contribution in [2.75, 3.05) is 37.6 Å². The lowest BCUT2D eigenvalue weighted by atomic mass is 10.1. The Morgan fingerprint density at radius 3 is 2.56 bits per heavy atom. The number of amides is 2. The van der Waals surface area contributed by atoms with E-state index < -0.39 is 11.1 Å². The van der Waals surface area contributed by atoms with Gasteiger partial charge < -0.3 is 9.80 Å². The molecule has 0 radical (unpaired) electrons. The van der Waals surface area contributed by atoms with Crippen LogP contribution in [0.1, 0.15) is 21.1 Å². The predicted octanol–water partition coefficient (Wildman–Crippen LogP) is 4.45. The van der Waals surface area contributed by atoms with Crippen LogP contribution in [0, 0.1) is 0 Å². The van der Waals surface area contributed by atoms with Gasteiger partial charge in [0.15, 0.2) is 5.01 Å². The number of hydrogen-bond donors (Lipinski definition) is 0. The number of alkyl halides is 3. The molecule has 0 bridgehead atoms. The van der Waals surface area contributed by atoms with Gasteiger partial charge in [0.2, 0.25) is 5.91 Å². The third-order valence-corrected chi connectivity index (χ3v) is 7.95. The van der Waals surface area contributed by atoms with E-state index in [4.69, 9.17) is 0 Å². The highest BCUT2D eigenvalue weighted by Crippen LogP contribution is 2.41. The summed E-state index contributed by atoms with van der Waals surface area (Å²) in [6.07, 6.45) is -2.46. The number of piperazine rings is 1. The minimum absolute atomic E-state index is 0.000143. The van der Waals surface area contributed by atoms with E-state index in [-0.39, 0.29) is 23.4 Å². The van der Waals surface area contributed by atoms with Crippen LogP contribution in [0.15, 0.2) is 47.3 Å². The number of halogens is 3. The summed E-state index contributed by atoms with van der Waals surface area (Å²) >= 11 is 1.99. The van der Waals surface area contributed by atoms with Gasteiger partial charge in [-0.25, -0.2) is 4.98 Å². The highest BCUT2D eigenvalue weighted by molar-refractivity contribution is 7.11. The first-order chi connectivity index (χ1) is 16.3. The second kappa shape index (κ2) is 9.12. The van der Waals surface area contributed by atoms with Gasteiger partial charge in [0.25, 0.3) is 5.91 Å². The van der Waals surface area contributed by atoms with Gasteiger partial charge in [-0.1, -0.05) is 12.1 Å². The molecule has 2 amide bonds. The summed E-state index contributed by atoms with van der Waals surface area (Å²) in [5.41, 5.74) is 1.17. The lowest BCUT2D eigenvalue weighted by Gasteiger charge is -2.37. The number of benzene rings is 1. The molecule has 0 saturated carbocycles. The number of hydrogen-bond acceptors (Lipinski definition) is 6. The number of anilines is 1. The van der Waals surface area contributed by atoms with E-state index in [1.807, 2.05) is 0 Å². The standard InChI is InChI=1S/C23H21F3N4O2S2/c24-23(25,26)20-18(4-10-33-20)15-2-1-3-16(12-15)30-14-17(13-19(30)31)28-6-8-29(9-7-28)22(32)21-27-5-11-34-21/h1-5,10-12,17H,6-9,13-14H2. The highest BCUT2D eigenvalue weighted by atomic mass is 32.1. The zero-order valence-electron chi connectivity index (χ0n) is 18.0. The topological polar surface area (TPSA) is 56.8 Å². The Hall–Kier alpha value is -2.76. The van der Waals surface area contributed by atoms with Gasteiger partial charge in [-0.2, -0.15) is 13.2 Å². The van der Waals surface area contributed by atoms with Crippen LogP contribution < -0.4 is 4.90 Å². The molecule has 2 fully saturated rings. The fraction of sp³-hybridized carbons (Fsp3) is 0.348. The van der Waals surface area contributed by atoms with Crippen LogP contribution in [0.5, 0.6) is 0 Å². The third-order valence-electron chi connectivity index (χ3n) is 6.23. The summed E-state index contributed by atoms with van der Waals surface area (Å²) in [7, 11) is 0. The molecule has 2 aromatic heterocycles.